The summed E-state index contributed by atoms with van der Waals surface area (Å²) < 4.78 is 0. The lowest BCUT2D eigenvalue weighted by Crippen LogP contribution is -2.55. The quantitative estimate of drug-likeness (QED) is 0.688. The molecule has 0 aromatic heterocycles. The van der Waals surface area contributed by atoms with Crippen LogP contribution in [-0.2, 0) is 0 Å². The second-order valence-corrected chi connectivity index (χ2v) is 5.60. The zero-order chi connectivity index (χ0) is 12.8. The Hall–Kier alpha value is -0.810. The van der Waals surface area contributed by atoms with Gasteiger partial charge in [-0.25, -0.2) is 4.79 Å². The maximum atomic E-state index is 11.8. The van der Waals surface area contributed by atoms with Crippen LogP contribution in [0.1, 0.15) is 32.1 Å². The topological polar surface area (TPSA) is 56.4 Å². The molecule has 0 bridgehead atoms. The van der Waals surface area contributed by atoms with Gasteiger partial charge in [-0.05, 0) is 19.9 Å². The van der Waals surface area contributed by atoms with Crippen molar-refractivity contribution < 1.29 is 4.79 Å². The first-order valence-electron chi connectivity index (χ1n) is 7.20. The maximum Gasteiger partial charge on any atom is 0.315 e. The van der Waals surface area contributed by atoms with E-state index in [1.165, 1.54) is 19.3 Å². The number of nitrogens with zero attached hydrogens (tertiary/aromatic N) is 1. The first-order valence-corrected chi connectivity index (χ1v) is 7.20. The van der Waals surface area contributed by atoms with Gasteiger partial charge >= 0.3 is 6.03 Å². The number of likely N-dealkylation sites (N-methyl/N-ethyl adjacent to an activating group) is 1. The van der Waals surface area contributed by atoms with E-state index in [0.29, 0.717) is 18.6 Å². The van der Waals surface area contributed by atoms with Crippen molar-refractivity contribution in [3.63, 3.8) is 0 Å². The van der Waals surface area contributed by atoms with Gasteiger partial charge in [0.2, 0.25) is 0 Å². The van der Waals surface area contributed by atoms with Gasteiger partial charge in [-0.3, -0.25) is 0 Å². The van der Waals surface area contributed by atoms with Gasteiger partial charge in [-0.1, -0.05) is 19.3 Å². The number of carbonyl (C=O) groups excluding carboxylic acids is 1. The van der Waals surface area contributed by atoms with Crippen molar-refractivity contribution in [1.29, 1.82) is 0 Å². The Labute approximate surface area is 110 Å². The second-order valence-electron chi connectivity index (χ2n) is 5.60. The molecule has 0 aromatic rings. The molecule has 1 heterocycles. The van der Waals surface area contributed by atoms with E-state index in [2.05, 4.69) is 27.9 Å². The Morgan fingerprint density at radius 3 is 2.83 bits per heavy atom. The van der Waals surface area contributed by atoms with Crippen LogP contribution in [0, 0.1) is 0 Å². The number of piperazine rings is 1. The number of carbonyl (C=O) groups is 1. The van der Waals surface area contributed by atoms with E-state index < -0.39 is 0 Å². The molecule has 5 nitrogen and oxygen atoms in total. The van der Waals surface area contributed by atoms with Crippen LogP contribution < -0.4 is 16.0 Å². The standard InChI is InChI=1S/C13H26N4O/c1-17-8-7-14-12(10-17)9-15-13(18)16-11-5-3-2-4-6-11/h11-12,14H,2-10H2,1H3,(H2,15,16,18). The number of nitrogens with one attached hydrogen (secondary N) is 3. The highest BCUT2D eigenvalue weighted by molar-refractivity contribution is 5.74. The summed E-state index contributed by atoms with van der Waals surface area (Å²) >= 11 is 0. The first kappa shape index (κ1) is 13.6. The third kappa shape index (κ3) is 4.46. The molecule has 1 atom stereocenters. The lowest BCUT2D eigenvalue weighted by Gasteiger charge is -2.31. The van der Waals surface area contributed by atoms with Crippen LogP contribution >= 0.6 is 0 Å². The van der Waals surface area contributed by atoms with Crippen molar-refractivity contribution in [3.8, 4) is 0 Å². The molecule has 104 valence electrons. The van der Waals surface area contributed by atoms with Gasteiger partial charge in [0.25, 0.3) is 0 Å². The molecule has 0 aromatic carbocycles. The van der Waals surface area contributed by atoms with Gasteiger partial charge < -0.3 is 20.9 Å². The van der Waals surface area contributed by atoms with Crippen molar-refractivity contribution in [1.82, 2.24) is 20.9 Å². The Morgan fingerprint density at radius 1 is 1.33 bits per heavy atom. The highest BCUT2D eigenvalue weighted by Crippen LogP contribution is 2.17. The summed E-state index contributed by atoms with van der Waals surface area (Å²) in [4.78, 5) is 14.1. The minimum absolute atomic E-state index is 0.00285. The van der Waals surface area contributed by atoms with Crippen molar-refractivity contribution >= 4 is 6.03 Å². The second kappa shape index (κ2) is 6.95. The lowest BCUT2D eigenvalue weighted by molar-refractivity contribution is 0.218. The summed E-state index contributed by atoms with van der Waals surface area (Å²) in [7, 11) is 2.12. The predicted molar refractivity (Wildman–Crippen MR) is 72.7 cm³/mol. The highest BCUT2D eigenvalue weighted by Gasteiger charge is 2.18. The summed E-state index contributed by atoms with van der Waals surface area (Å²) in [5.41, 5.74) is 0. The molecular weight excluding hydrogens is 228 g/mol. The number of hydrogen-bond acceptors (Lipinski definition) is 3. The van der Waals surface area contributed by atoms with Crippen LogP contribution in [0.3, 0.4) is 0 Å². The van der Waals surface area contributed by atoms with E-state index in [9.17, 15) is 4.79 Å². The molecule has 0 spiro atoms. The van der Waals surface area contributed by atoms with Gasteiger partial charge in [-0.15, -0.1) is 0 Å². The zero-order valence-electron chi connectivity index (χ0n) is 11.4. The molecule has 1 aliphatic heterocycles. The van der Waals surface area contributed by atoms with E-state index in [4.69, 9.17) is 0 Å². The summed E-state index contributed by atoms with van der Waals surface area (Å²) in [5, 5.41) is 9.48. The van der Waals surface area contributed by atoms with E-state index in [1.807, 2.05) is 0 Å². The average Bonchev–Trinajstić information content (AvgIpc) is 2.38. The van der Waals surface area contributed by atoms with Gasteiger partial charge in [0.05, 0.1) is 0 Å². The molecule has 2 fully saturated rings. The van der Waals surface area contributed by atoms with E-state index in [-0.39, 0.29) is 6.03 Å². The SMILES string of the molecule is CN1CCNC(CNC(=O)NC2CCCCC2)C1. The minimum Gasteiger partial charge on any atom is -0.337 e. The fourth-order valence-corrected chi connectivity index (χ4v) is 2.83. The van der Waals surface area contributed by atoms with Gasteiger partial charge in [0, 0.05) is 38.3 Å². The number of hydrogen-bond donors (Lipinski definition) is 3. The summed E-state index contributed by atoms with van der Waals surface area (Å²) in [6.45, 7) is 3.81. The Balaban J connectivity index is 1.61. The molecule has 3 N–H and O–H groups in total. The summed E-state index contributed by atoms with van der Waals surface area (Å²) in [5.74, 6) is 0. The zero-order valence-corrected chi connectivity index (χ0v) is 11.4. The van der Waals surface area contributed by atoms with Crippen LogP contribution in [-0.4, -0.2) is 56.2 Å². The Bertz CT molecular complexity index is 266. The number of amides is 2. The summed E-state index contributed by atoms with van der Waals surface area (Å²) in [6, 6.07) is 0.763. The van der Waals surface area contributed by atoms with Crippen LogP contribution in [0.4, 0.5) is 4.79 Å². The molecule has 2 amide bonds. The first-order chi connectivity index (χ1) is 8.74. The van der Waals surface area contributed by atoms with Crippen molar-refractivity contribution in [3.05, 3.63) is 0 Å². The van der Waals surface area contributed by atoms with Gasteiger partial charge in [0.1, 0.15) is 0 Å². The summed E-state index contributed by atoms with van der Waals surface area (Å²) in [6.07, 6.45) is 6.09. The van der Waals surface area contributed by atoms with Gasteiger partial charge in [-0.2, -0.15) is 0 Å². The Morgan fingerprint density at radius 2 is 2.11 bits per heavy atom. The predicted octanol–water partition coefficient (Wildman–Crippen LogP) is 0.522. The smallest absolute Gasteiger partial charge is 0.315 e. The monoisotopic (exact) mass is 254 g/mol. The maximum absolute atomic E-state index is 11.8. The van der Waals surface area contributed by atoms with Crippen LogP contribution in [0.2, 0.25) is 0 Å². The molecule has 1 saturated heterocycles. The van der Waals surface area contributed by atoms with Crippen molar-refractivity contribution in [2.24, 2.45) is 0 Å². The lowest BCUT2D eigenvalue weighted by atomic mass is 9.96. The molecular formula is C13H26N4O. The van der Waals surface area contributed by atoms with Gasteiger partial charge in [0.15, 0.2) is 0 Å². The molecule has 2 aliphatic rings. The van der Waals surface area contributed by atoms with Crippen LogP contribution in [0.5, 0.6) is 0 Å². The molecule has 5 heteroatoms. The highest BCUT2D eigenvalue weighted by atomic mass is 16.2. The fourth-order valence-electron chi connectivity index (χ4n) is 2.83. The largest absolute Gasteiger partial charge is 0.337 e. The molecule has 1 unspecified atom stereocenters. The number of urea groups is 1. The molecule has 0 radical (unpaired) electrons. The third-order valence-electron chi connectivity index (χ3n) is 3.91. The molecule has 1 saturated carbocycles. The van der Waals surface area contributed by atoms with E-state index in [0.717, 1.165) is 32.5 Å². The molecule has 1 aliphatic carbocycles. The van der Waals surface area contributed by atoms with Crippen molar-refractivity contribution in [2.45, 2.75) is 44.2 Å². The third-order valence-corrected chi connectivity index (χ3v) is 3.91. The molecule has 2 rings (SSSR count). The molecule has 18 heavy (non-hydrogen) atoms. The minimum atomic E-state index is -0.00285. The average molecular weight is 254 g/mol. The van der Waals surface area contributed by atoms with E-state index in [1.54, 1.807) is 0 Å². The van der Waals surface area contributed by atoms with Crippen LogP contribution in [0.15, 0.2) is 0 Å². The van der Waals surface area contributed by atoms with Crippen LogP contribution in [0.25, 0.3) is 0 Å². The fraction of sp³-hybridized carbons (Fsp3) is 0.923. The van der Waals surface area contributed by atoms with E-state index >= 15 is 0 Å². The number of rotatable bonds is 3. The normalized spacial score (nSPS) is 26.8. The Kier molecular flexibility index (Phi) is 5.26. The van der Waals surface area contributed by atoms with Crippen molar-refractivity contribution in [2.75, 3.05) is 33.2 Å².